The van der Waals surface area contributed by atoms with Crippen LogP contribution in [0.3, 0.4) is 0 Å². The van der Waals surface area contributed by atoms with E-state index in [2.05, 4.69) is 10.1 Å². The molecule has 0 aromatic heterocycles. The number of methoxy groups -OCH3 is 1. The molecular formula is C13H26N2O4. The number of amides is 1. The van der Waals surface area contributed by atoms with E-state index >= 15 is 0 Å². The molecule has 0 aromatic carbocycles. The molecule has 0 fully saturated rings. The fraction of sp³-hybridized carbons (Fsp3) is 0.846. The first-order chi connectivity index (χ1) is 8.69. The summed E-state index contributed by atoms with van der Waals surface area (Å²) in [5, 5.41) is 2.54. The minimum Gasteiger partial charge on any atom is -0.467 e. The highest BCUT2D eigenvalue weighted by molar-refractivity contribution is 5.81. The van der Waals surface area contributed by atoms with Gasteiger partial charge in [-0.15, -0.1) is 0 Å². The molecule has 3 N–H and O–H groups in total. The van der Waals surface area contributed by atoms with Crippen molar-refractivity contribution in [3.63, 3.8) is 0 Å². The van der Waals surface area contributed by atoms with E-state index in [1.807, 2.05) is 6.92 Å². The smallest absolute Gasteiger partial charge is 0.408 e. The SMILES string of the molecule is COC(=O)[C@H](CC(C)CCN)NC(=O)OC(C)(C)C. The summed E-state index contributed by atoms with van der Waals surface area (Å²) >= 11 is 0. The molecule has 0 radical (unpaired) electrons. The summed E-state index contributed by atoms with van der Waals surface area (Å²) in [7, 11) is 1.29. The molecule has 2 atom stereocenters. The van der Waals surface area contributed by atoms with Crippen LogP contribution >= 0.6 is 0 Å². The normalized spacial score (nSPS) is 14.4. The largest absolute Gasteiger partial charge is 0.467 e. The van der Waals surface area contributed by atoms with Crippen molar-refractivity contribution in [3.8, 4) is 0 Å². The van der Waals surface area contributed by atoms with Gasteiger partial charge in [0.1, 0.15) is 11.6 Å². The first kappa shape index (κ1) is 17.7. The molecule has 1 amide bonds. The lowest BCUT2D eigenvalue weighted by Gasteiger charge is -2.24. The average Bonchev–Trinajstić information content (AvgIpc) is 2.24. The first-order valence-electron chi connectivity index (χ1n) is 6.47. The lowest BCUT2D eigenvalue weighted by molar-refractivity contribution is -0.143. The number of hydrogen-bond donors (Lipinski definition) is 2. The molecule has 0 aromatic rings. The zero-order valence-corrected chi connectivity index (χ0v) is 12.5. The Hall–Kier alpha value is -1.30. The predicted octanol–water partition coefficient (Wildman–Crippen LogP) is 1.43. The van der Waals surface area contributed by atoms with Crippen molar-refractivity contribution >= 4 is 12.1 Å². The van der Waals surface area contributed by atoms with E-state index in [0.29, 0.717) is 13.0 Å². The van der Waals surface area contributed by atoms with Crippen LogP contribution in [0.4, 0.5) is 4.79 Å². The minimum atomic E-state index is -0.707. The molecule has 0 saturated heterocycles. The molecule has 1 unspecified atom stereocenters. The van der Waals surface area contributed by atoms with Gasteiger partial charge < -0.3 is 20.5 Å². The van der Waals surface area contributed by atoms with Crippen molar-refractivity contribution in [3.05, 3.63) is 0 Å². The van der Waals surface area contributed by atoms with Gasteiger partial charge in [-0.25, -0.2) is 9.59 Å². The molecule has 0 aliphatic heterocycles. The number of alkyl carbamates (subject to hydrolysis) is 1. The van der Waals surface area contributed by atoms with Crippen LogP contribution in [0.5, 0.6) is 0 Å². The highest BCUT2D eigenvalue weighted by Crippen LogP contribution is 2.12. The molecule has 0 heterocycles. The van der Waals surface area contributed by atoms with E-state index in [1.165, 1.54) is 7.11 Å². The Labute approximate surface area is 115 Å². The number of carbonyl (C=O) groups excluding carboxylic acids is 2. The summed E-state index contributed by atoms with van der Waals surface area (Å²) in [6.07, 6.45) is 0.634. The standard InChI is InChI=1S/C13H26N2O4/c1-9(6-7-14)8-10(11(16)18-5)15-12(17)19-13(2,3)4/h9-10H,6-8,14H2,1-5H3,(H,15,17)/t9?,10-/m0/s1. The number of ether oxygens (including phenoxy) is 2. The quantitative estimate of drug-likeness (QED) is 0.715. The van der Waals surface area contributed by atoms with Gasteiger partial charge >= 0.3 is 12.1 Å². The fourth-order valence-corrected chi connectivity index (χ4v) is 1.61. The second kappa shape index (κ2) is 7.99. The van der Waals surface area contributed by atoms with Gasteiger partial charge in [-0.2, -0.15) is 0 Å². The van der Waals surface area contributed by atoms with E-state index in [1.54, 1.807) is 20.8 Å². The maximum absolute atomic E-state index is 11.7. The average molecular weight is 274 g/mol. The van der Waals surface area contributed by atoms with Gasteiger partial charge in [0.25, 0.3) is 0 Å². The Morgan fingerprint density at radius 1 is 1.32 bits per heavy atom. The molecule has 19 heavy (non-hydrogen) atoms. The van der Waals surface area contributed by atoms with Gasteiger partial charge in [0.15, 0.2) is 0 Å². The van der Waals surface area contributed by atoms with E-state index in [9.17, 15) is 9.59 Å². The summed E-state index contributed by atoms with van der Waals surface area (Å²) < 4.78 is 9.80. The molecular weight excluding hydrogens is 248 g/mol. The van der Waals surface area contributed by atoms with Crippen LogP contribution in [0.1, 0.15) is 40.5 Å². The van der Waals surface area contributed by atoms with E-state index in [0.717, 1.165) is 6.42 Å². The minimum absolute atomic E-state index is 0.212. The number of rotatable bonds is 6. The number of nitrogens with two attached hydrogens (primary N) is 1. The van der Waals surface area contributed by atoms with Crippen LogP contribution in [0.25, 0.3) is 0 Å². The Morgan fingerprint density at radius 3 is 2.32 bits per heavy atom. The van der Waals surface area contributed by atoms with Gasteiger partial charge in [0, 0.05) is 0 Å². The van der Waals surface area contributed by atoms with Crippen LogP contribution in [-0.2, 0) is 14.3 Å². The third-order valence-corrected chi connectivity index (χ3v) is 2.47. The third kappa shape index (κ3) is 8.42. The second-order valence-electron chi connectivity index (χ2n) is 5.64. The second-order valence-corrected chi connectivity index (χ2v) is 5.64. The van der Waals surface area contributed by atoms with Crippen LogP contribution in [-0.4, -0.2) is 37.4 Å². The van der Waals surface area contributed by atoms with Crippen molar-refractivity contribution < 1.29 is 19.1 Å². The summed E-state index contributed by atoms with van der Waals surface area (Å²) in [5.74, 6) is -0.265. The van der Waals surface area contributed by atoms with E-state index in [-0.39, 0.29) is 5.92 Å². The third-order valence-electron chi connectivity index (χ3n) is 2.47. The Morgan fingerprint density at radius 2 is 1.89 bits per heavy atom. The van der Waals surface area contributed by atoms with Crippen LogP contribution in [0.15, 0.2) is 0 Å². The summed E-state index contributed by atoms with van der Waals surface area (Å²) in [6.45, 7) is 7.80. The molecule has 0 rings (SSSR count). The molecule has 6 heteroatoms. The first-order valence-corrected chi connectivity index (χ1v) is 6.47. The summed E-state index contributed by atoms with van der Waals surface area (Å²) in [6, 6.07) is -0.707. The van der Waals surface area contributed by atoms with Gasteiger partial charge in [0.05, 0.1) is 7.11 Å². The highest BCUT2D eigenvalue weighted by atomic mass is 16.6. The maximum atomic E-state index is 11.7. The Kier molecular flexibility index (Phi) is 7.44. The van der Waals surface area contributed by atoms with Crippen LogP contribution < -0.4 is 11.1 Å². The molecule has 0 saturated carbocycles. The van der Waals surface area contributed by atoms with Crippen LogP contribution in [0, 0.1) is 5.92 Å². The lowest BCUT2D eigenvalue weighted by atomic mass is 9.98. The van der Waals surface area contributed by atoms with E-state index in [4.69, 9.17) is 10.5 Å². The highest BCUT2D eigenvalue weighted by Gasteiger charge is 2.26. The lowest BCUT2D eigenvalue weighted by Crippen LogP contribution is -2.44. The number of carbonyl (C=O) groups is 2. The predicted molar refractivity (Wildman–Crippen MR) is 72.6 cm³/mol. The molecule has 0 aliphatic carbocycles. The Balaban J connectivity index is 4.51. The molecule has 6 nitrogen and oxygen atoms in total. The Bertz CT molecular complexity index is 300. The van der Waals surface area contributed by atoms with Crippen molar-refractivity contribution in [2.24, 2.45) is 11.7 Å². The molecule has 0 aliphatic rings. The monoisotopic (exact) mass is 274 g/mol. The van der Waals surface area contributed by atoms with Crippen LogP contribution in [0.2, 0.25) is 0 Å². The summed E-state index contributed by atoms with van der Waals surface area (Å²) in [4.78, 5) is 23.3. The van der Waals surface area contributed by atoms with Gasteiger partial charge in [-0.3, -0.25) is 0 Å². The van der Waals surface area contributed by atoms with Gasteiger partial charge in [-0.05, 0) is 46.1 Å². The molecule has 112 valence electrons. The number of esters is 1. The maximum Gasteiger partial charge on any atom is 0.408 e. The van der Waals surface area contributed by atoms with E-state index < -0.39 is 23.7 Å². The van der Waals surface area contributed by atoms with Crippen molar-refractivity contribution in [2.75, 3.05) is 13.7 Å². The number of hydrogen-bond acceptors (Lipinski definition) is 5. The van der Waals surface area contributed by atoms with Crippen molar-refractivity contribution in [1.29, 1.82) is 0 Å². The zero-order chi connectivity index (χ0) is 15.1. The fourth-order valence-electron chi connectivity index (χ4n) is 1.61. The van der Waals surface area contributed by atoms with Crippen molar-refractivity contribution in [2.45, 2.75) is 52.2 Å². The summed E-state index contributed by atoms with van der Waals surface area (Å²) in [5.41, 5.74) is 4.87. The van der Waals surface area contributed by atoms with Crippen molar-refractivity contribution in [1.82, 2.24) is 5.32 Å². The molecule has 0 bridgehead atoms. The topological polar surface area (TPSA) is 90.6 Å². The van der Waals surface area contributed by atoms with Gasteiger partial charge in [0.2, 0.25) is 0 Å². The van der Waals surface area contributed by atoms with Gasteiger partial charge in [-0.1, -0.05) is 6.92 Å². The zero-order valence-electron chi connectivity index (χ0n) is 12.5. The molecule has 0 spiro atoms. The number of nitrogens with one attached hydrogen (secondary N) is 1.